The third-order valence-electron chi connectivity index (χ3n) is 1.68. The predicted octanol–water partition coefficient (Wildman–Crippen LogP) is 1.89. The van der Waals surface area contributed by atoms with E-state index in [1.54, 1.807) is 17.1 Å². The summed E-state index contributed by atoms with van der Waals surface area (Å²) in [7, 11) is 0. The molecule has 0 atom stereocenters. The average molecular weight is 195 g/mol. The zero-order chi connectivity index (χ0) is 10.8. The first-order valence-electron chi connectivity index (χ1n) is 4.26. The summed E-state index contributed by atoms with van der Waals surface area (Å²) in [6.07, 6.45) is 5.71. The number of aromatic nitrogens is 2. The van der Waals surface area contributed by atoms with Crippen molar-refractivity contribution < 1.29 is 4.92 Å². The molecule has 1 aromatic rings. The van der Waals surface area contributed by atoms with Crippen LogP contribution < -0.4 is 0 Å². The fourth-order valence-corrected chi connectivity index (χ4v) is 0.937. The van der Waals surface area contributed by atoms with Crippen LogP contribution in [0.15, 0.2) is 18.6 Å². The van der Waals surface area contributed by atoms with Crippen molar-refractivity contribution >= 4 is 6.08 Å². The third-order valence-corrected chi connectivity index (χ3v) is 1.68. The van der Waals surface area contributed by atoms with E-state index < -0.39 is 4.92 Å². The van der Waals surface area contributed by atoms with E-state index in [4.69, 9.17) is 0 Å². The van der Waals surface area contributed by atoms with E-state index in [-0.39, 0.29) is 5.54 Å². The second-order valence-electron chi connectivity index (χ2n) is 3.99. The Morgan fingerprint density at radius 3 is 2.64 bits per heavy atom. The first-order chi connectivity index (χ1) is 6.39. The van der Waals surface area contributed by atoms with Crippen LogP contribution in [0.2, 0.25) is 0 Å². The Kier molecular flexibility index (Phi) is 2.69. The van der Waals surface area contributed by atoms with E-state index in [1.165, 1.54) is 6.08 Å². The van der Waals surface area contributed by atoms with Crippen LogP contribution in [0, 0.1) is 10.1 Å². The number of hydrogen-bond acceptors (Lipinski definition) is 3. The maximum Gasteiger partial charge on any atom is 0.235 e. The van der Waals surface area contributed by atoms with Gasteiger partial charge in [0, 0.05) is 17.8 Å². The van der Waals surface area contributed by atoms with Gasteiger partial charge in [0.05, 0.1) is 16.7 Å². The third kappa shape index (κ3) is 2.69. The lowest BCUT2D eigenvalue weighted by Crippen LogP contribution is -2.21. The first kappa shape index (κ1) is 10.4. The standard InChI is InChI=1S/C9H13N3O2/c1-9(2,3)11-7-8(6-10-11)4-5-12(13)14/h4-7H,1-3H3/b5-4+. The van der Waals surface area contributed by atoms with Crippen molar-refractivity contribution in [3.8, 4) is 0 Å². The van der Waals surface area contributed by atoms with Crippen molar-refractivity contribution in [3.63, 3.8) is 0 Å². The molecule has 0 spiro atoms. The summed E-state index contributed by atoms with van der Waals surface area (Å²) in [5, 5.41) is 14.2. The van der Waals surface area contributed by atoms with Gasteiger partial charge in [0.15, 0.2) is 0 Å². The zero-order valence-electron chi connectivity index (χ0n) is 8.47. The number of nitro groups is 1. The zero-order valence-corrected chi connectivity index (χ0v) is 8.47. The molecule has 1 aromatic heterocycles. The minimum atomic E-state index is -0.492. The van der Waals surface area contributed by atoms with E-state index >= 15 is 0 Å². The van der Waals surface area contributed by atoms with Gasteiger partial charge in [-0.05, 0) is 20.8 Å². The molecule has 14 heavy (non-hydrogen) atoms. The van der Waals surface area contributed by atoms with Crippen LogP contribution in [0.5, 0.6) is 0 Å². The van der Waals surface area contributed by atoms with Gasteiger partial charge in [-0.15, -0.1) is 0 Å². The highest BCUT2D eigenvalue weighted by Crippen LogP contribution is 2.13. The highest BCUT2D eigenvalue weighted by molar-refractivity contribution is 5.45. The fourth-order valence-electron chi connectivity index (χ4n) is 0.937. The molecule has 0 aliphatic carbocycles. The van der Waals surface area contributed by atoms with Gasteiger partial charge < -0.3 is 0 Å². The van der Waals surface area contributed by atoms with Crippen molar-refractivity contribution in [2.45, 2.75) is 26.3 Å². The lowest BCUT2D eigenvalue weighted by molar-refractivity contribution is -0.400. The molecule has 0 bridgehead atoms. The van der Waals surface area contributed by atoms with Gasteiger partial charge in [0.1, 0.15) is 0 Å². The molecule has 0 aromatic carbocycles. The van der Waals surface area contributed by atoms with E-state index in [1.807, 2.05) is 20.8 Å². The van der Waals surface area contributed by atoms with Gasteiger partial charge >= 0.3 is 0 Å². The first-order valence-corrected chi connectivity index (χ1v) is 4.26. The maximum atomic E-state index is 10.1. The molecule has 76 valence electrons. The maximum absolute atomic E-state index is 10.1. The van der Waals surface area contributed by atoms with E-state index in [0.717, 1.165) is 11.8 Å². The predicted molar refractivity (Wildman–Crippen MR) is 53.3 cm³/mol. The lowest BCUT2D eigenvalue weighted by atomic mass is 10.1. The summed E-state index contributed by atoms with van der Waals surface area (Å²) < 4.78 is 1.77. The molecule has 0 aliphatic heterocycles. The van der Waals surface area contributed by atoms with Crippen molar-refractivity contribution in [3.05, 3.63) is 34.3 Å². The highest BCUT2D eigenvalue weighted by Gasteiger charge is 2.13. The summed E-state index contributed by atoms with van der Waals surface area (Å²) >= 11 is 0. The normalized spacial score (nSPS) is 12.2. The molecule has 0 saturated carbocycles. The van der Waals surface area contributed by atoms with Crippen LogP contribution in [-0.2, 0) is 5.54 Å². The van der Waals surface area contributed by atoms with Gasteiger partial charge in [-0.1, -0.05) is 0 Å². The SMILES string of the molecule is CC(C)(C)n1cc(/C=C/[N+](=O)[O-])cn1. The second-order valence-corrected chi connectivity index (χ2v) is 3.99. The minimum Gasteiger partial charge on any atom is -0.267 e. The molecule has 1 rings (SSSR count). The van der Waals surface area contributed by atoms with Crippen LogP contribution in [0.3, 0.4) is 0 Å². The molecule has 5 heteroatoms. The molecule has 0 fully saturated rings. The van der Waals surface area contributed by atoms with Crippen molar-refractivity contribution in [1.82, 2.24) is 9.78 Å². The largest absolute Gasteiger partial charge is 0.267 e. The fraction of sp³-hybridized carbons (Fsp3) is 0.444. The van der Waals surface area contributed by atoms with Crippen molar-refractivity contribution in [2.24, 2.45) is 0 Å². The number of hydrogen-bond donors (Lipinski definition) is 0. The van der Waals surface area contributed by atoms with Gasteiger partial charge in [0.2, 0.25) is 6.20 Å². The summed E-state index contributed by atoms with van der Waals surface area (Å²) in [6.45, 7) is 6.04. The number of nitrogens with zero attached hydrogens (tertiary/aromatic N) is 3. The Hall–Kier alpha value is -1.65. The van der Waals surface area contributed by atoms with Crippen LogP contribution in [0.1, 0.15) is 26.3 Å². The van der Waals surface area contributed by atoms with E-state index in [9.17, 15) is 10.1 Å². The molecular weight excluding hydrogens is 182 g/mol. The number of rotatable bonds is 2. The van der Waals surface area contributed by atoms with Gasteiger partial charge in [-0.25, -0.2) is 0 Å². The quantitative estimate of drug-likeness (QED) is 0.534. The molecule has 0 radical (unpaired) electrons. The van der Waals surface area contributed by atoms with Crippen LogP contribution >= 0.6 is 0 Å². The molecule has 0 unspecified atom stereocenters. The van der Waals surface area contributed by atoms with E-state index in [2.05, 4.69) is 5.10 Å². The molecule has 0 amide bonds. The Balaban J connectivity index is 2.84. The molecule has 1 heterocycles. The molecule has 0 saturated heterocycles. The highest BCUT2D eigenvalue weighted by atomic mass is 16.6. The van der Waals surface area contributed by atoms with Gasteiger partial charge in [0.25, 0.3) is 0 Å². The summed E-state index contributed by atoms with van der Waals surface area (Å²) in [6, 6.07) is 0. The molecule has 0 N–H and O–H groups in total. The Labute approximate surface area is 82.2 Å². The average Bonchev–Trinajstić information content (AvgIpc) is 2.47. The van der Waals surface area contributed by atoms with Crippen LogP contribution in [0.25, 0.3) is 6.08 Å². The molecule has 5 nitrogen and oxygen atoms in total. The molecular formula is C9H13N3O2. The van der Waals surface area contributed by atoms with Crippen LogP contribution in [0.4, 0.5) is 0 Å². The summed E-state index contributed by atoms with van der Waals surface area (Å²) in [5.74, 6) is 0. The van der Waals surface area contributed by atoms with Crippen molar-refractivity contribution in [2.75, 3.05) is 0 Å². The Morgan fingerprint density at radius 1 is 1.57 bits per heavy atom. The Bertz CT molecular complexity index is 360. The van der Waals surface area contributed by atoms with Gasteiger partial charge in [-0.3, -0.25) is 14.8 Å². The summed E-state index contributed by atoms with van der Waals surface area (Å²) in [5.41, 5.74) is 0.636. The lowest BCUT2D eigenvalue weighted by Gasteiger charge is -2.18. The van der Waals surface area contributed by atoms with Gasteiger partial charge in [-0.2, -0.15) is 5.10 Å². The van der Waals surface area contributed by atoms with Crippen LogP contribution in [-0.4, -0.2) is 14.7 Å². The summed E-state index contributed by atoms with van der Waals surface area (Å²) in [4.78, 5) is 9.58. The topological polar surface area (TPSA) is 61.0 Å². The Morgan fingerprint density at radius 2 is 2.21 bits per heavy atom. The second kappa shape index (κ2) is 3.61. The van der Waals surface area contributed by atoms with E-state index in [0.29, 0.717) is 0 Å². The van der Waals surface area contributed by atoms with Crippen molar-refractivity contribution in [1.29, 1.82) is 0 Å². The minimum absolute atomic E-state index is 0.0965. The monoisotopic (exact) mass is 195 g/mol. The smallest absolute Gasteiger partial charge is 0.235 e. The molecule has 0 aliphatic rings.